The minimum Gasteiger partial charge on any atom is -0.207 e. The van der Waals surface area contributed by atoms with Crippen molar-refractivity contribution in [2.45, 2.75) is 13.3 Å². The Morgan fingerprint density at radius 1 is 1.56 bits per heavy atom. The van der Waals surface area contributed by atoms with E-state index in [1.54, 1.807) is 13.0 Å². The van der Waals surface area contributed by atoms with E-state index in [-0.39, 0.29) is 5.83 Å². The first kappa shape index (κ1) is 6.27. The van der Waals surface area contributed by atoms with Crippen molar-refractivity contribution in [3.05, 3.63) is 35.7 Å². The molecule has 48 valence electrons. The van der Waals surface area contributed by atoms with Gasteiger partial charge >= 0.3 is 0 Å². The summed E-state index contributed by atoms with van der Waals surface area (Å²) in [6, 6.07) is 0. The Morgan fingerprint density at radius 2 is 2.33 bits per heavy atom. The quantitative estimate of drug-likeness (QED) is 0.465. The molecule has 1 aliphatic carbocycles. The molecule has 0 spiro atoms. The van der Waals surface area contributed by atoms with Crippen LogP contribution >= 0.6 is 0 Å². The van der Waals surface area contributed by atoms with Gasteiger partial charge in [-0.15, -0.1) is 0 Å². The van der Waals surface area contributed by atoms with Gasteiger partial charge in [0.25, 0.3) is 0 Å². The minimum absolute atomic E-state index is 0.122. The zero-order valence-electron chi connectivity index (χ0n) is 5.39. The fraction of sp³-hybridized carbons (Fsp3) is 0.250. The molecule has 0 atom stereocenters. The van der Waals surface area contributed by atoms with E-state index >= 15 is 0 Å². The Morgan fingerprint density at radius 3 is 3.11 bits per heavy atom. The summed E-state index contributed by atoms with van der Waals surface area (Å²) in [5, 5.41) is 0. The third kappa shape index (κ3) is 1.53. The number of rotatable bonds is 0. The van der Waals surface area contributed by atoms with Gasteiger partial charge in [-0.1, -0.05) is 18.2 Å². The van der Waals surface area contributed by atoms with Gasteiger partial charge in [0, 0.05) is 0 Å². The average molecular weight is 124 g/mol. The maximum atomic E-state index is 12.6. The lowest BCUT2D eigenvalue weighted by Crippen LogP contribution is -1.72. The van der Waals surface area contributed by atoms with E-state index in [2.05, 4.69) is 0 Å². The first-order valence-corrected chi connectivity index (χ1v) is 3.00. The van der Waals surface area contributed by atoms with Gasteiger partial charge in [-0.05, 0) is 25.0 Å². The molecule has 0 nitrogen and oxygen atoms in total. The van der Waals surface area contributed by atoms with Crippen LogP contribution in [0.3, 0.4) is 0 Å². The van der Waals surface area contributed by atoms with Crippen molar-refractivity contribution in [3.8, 4) is 0 Å². The molecule has 1 rings (SSSR count). The van der Waals surface area contributed by atoms with E-state index < -0.39 is 0 Å². The number of hydrogen-bond donors (Lipinski definition) is 0. The lowest BCUT2D eigenvalue weighted by molar-refractivity contribution is 0.651. The van der Waals surface area contributed by atoms with Crippen molar-refractivity contribution in [1.29, 1.82) is 0 Å². The molecule has 0 unspecified atom stereocenters. The van der Waals surface area contributed by atoms with Gasteiger partial charge in [0.1, 0.15) is 5.83 Å². The SMILES string of the molecule is CC1=CCC=CC=C1F. The first-order valence-electron chi connectivity index (χ1n) is 3.00. The molecule has 0 radical (unpaired) electrons. The molecule has 1 heteroatoms. The topological polar surface area (TPSA) is 0 Å². The van der Waals surface area contributed by atoms with Crippen LogP contribution in [0.15, 0.2) is 35.7 Å². The van der Waals surface area contributed by atoms with Gasteiger partial charge in [-0.2, -0.15) is 0 Å². The molecule has 0 N–H and O–H groups in total. The predicted octanol–water partition coefficient (Wildman–Crippen LogP) is 2.75. The molecule has 9 heavy (non-hydrogen) atoms. The maximum Gasteiger partial charge on any atom is 0.125 e. The van der Waals surface area contributed by atoms with Crippen LogP contribution in [0.4, 0.5) is 4.39 Å². The lowest BCUT2D eigenvalue weighted by atomic mass is 10.2. The normalized spacial score (nSPS) is 18.4. The van der Waals surface area contributed by atoms with E-state index in [0.717, 1.165) is 12.0 Å². The van der Waals surface area contributed by atoms with Crippen LogP contribution < -0.4 is 0 Å². The van der Waals surface area contributed by atoms with Gasteiger partial charge < -0.3 is 0 Å². The highest BCUT2D eigenvalue weighted by Gasteiger charge is 1.96. The largest absolute Gasteiger partial charge is 0.207 e. The lowest BCUT2D eigenvalue weighted by Gasteiger charge is -1.90. The number of hydrogen-bond acceptors (Lipinski definition) is 0. The average Bonchev–Trinajstić information content (AvgIpc) is 1.99. The van der Waals surface area contributed by atoms with Crippen LogP contribution in [-0.4, -0.2) is 0 Å². The monoisotopic (exact) mass is 124 g/mol. The van der Waals surface area contributed by atoms with Crippen LogP contribution in [-0.2, 0) is 0 Å². The smallest absolute Gasteiger partial charge is 0.125 e. The molecular formula is C8H9F. The van der Waals surface area contributed by atoms with Crippen molar-refractivity contribution in [3.63, 3.8) is 0 Å². The number of halogens is 1. The molecule has 0 fully saturated rings. The van der Waals surface area contributed by atoms with Crippen molar-refractivity contribution >= 4 is 0 Å². The fourth-order valence-corrected chi connectivity index (χ4v) is 0.705. The Kier molecular flexibility index (Phi) is 1.83. The van der Waals surface area contributed by atoms with Crippen LogP contribution in [0.25, 0.3) is 0 Å². The van der Waals surface area contributed by atoms with E-state index in [1.165, 1.54) is 6.08 Å². The minimum atomic E-state index is -0.122. The summed E-state index contributed by atoms with van der Waals surface area (Å²) in [5.41, 5.74) is 0.736. The molecule has 0 aromatic rings. The van der Waals surface area contributed by atoms with E-state index in [1.807, 2.05) is 12.2 Å². The molecule has 0 heterocycles. The van der Waals surface area contributed by atoms with Crippen LogP contribution in [0, 0.1) is 0 Å². The summed E-state index contributed by atoms with van der Waals surface area (Å²) >= 11 is 0. The second kappa shape index (κ2) is 2.62. The second-order valence-corrected chi connectivity index (χ2v) is 2.07. The Labute approximate surface area is 54.4 Å². The molecule has 0 aromatic carbocycles. The molecule has 0 bridgehead atoms. The Balaban J connectivity index is 2.85. The number of allylic oxidation sites excluding steroid dienone is 6. The van der Waals surface area contributed by atoms with Crippen molar-refractivity contribution in [2.24, 2.45) is 0 Å². The zero-order chi connectivity index (χ0) is 6.69. The molecule has 0 saturated heterocycles. The molecule has 1 aliphatic rings. The maximum absolute atomic E-state index is 12.6. The summed E-state index contributed by atoms with van der Waals surface area (Å²) in [4.78, 5) is 0. The van der Waals surface area contributed by atoms with Gasteiger partial charge in [-0.3, -0.25) is 0 Å². The molecule has 0 aromatic heterocycles. The summed E-state index contributed by atoms with van der Waals surface area (Å²) in [7, 11) is 0. The Bertz CT molecular complexity index is 185. The summed E-state index contributed by atoms with van der Waals surface area (Å²) in [5.74, 6) is -0.122. The van der Waals surface area contributed by atoms with Crippen molar-refractivity contribution in [1.82, 2.24) is 0 Å². The molecule has 0 aliphatic heterocycles. The standard InChI is InChI=1S/C8H9F/c1-7-5-3-2-4-6-8(7)9/h2,4-6H,3H2,1H3. The molecule has 0 amide bonds. The highest BCUT2D eigenvalue weighted by molar-refractivity contribution is 5.29. The predicted molar refractivity (Wildman–Crippen MR) is 36.7 cm³/mol. The van der Waals surface area contributed by atoms with Crippen LogP contribution in [0.5, 0.6) is 0 Å². The third-order valence-corrected chi connectivity index (χ3v) is 1.32. The van der Waals surface area contributed by atoms with E-state index in [4.69, 9.17) is 0 Å². The molecule has 0 saturated carbocycles. The second-order valence-electron chi connectivity index (χ2n) is 2.07. The van der Waals surface area contributed by atoms with Crippen molar-refractivity contribution < 1.29 is 4.39 Å². The van der Waals surface area contributed by atoms with E-state index in [9.17, 15) is 4.39 Å². The third-order valence-electron chi connectivity index (χ3n) is 1.32. The molecular weight excluding hydrogens is 115 g/mol. The zero-order valence-corrected chi connectivity index (χ0v) is 5.39. The highest BCUT2D eigenvalue weighted by Crippen LogP contribution is 2.13. The summed E-state index contributed by atoms with van der Waals surface area (Å²) in [6.07, 6.45) is 7.86. The van der Waals surface area contributed by atoms with Crippen LogP contribution in [0.2, 0.25) is 0 Å². The summed E-state index contributed by atoms with van der Waals surface area (Å²) in [6.45, 7) is 1.78. The van der Waals surface area contributed by atoms with Crippen LogP contribution in [0.1, 0.15) is 13.3 Å². The van der Waals surface area contributed by atoms with Gasteiger partial charge in [0.05, 0.1) is 0 Å². The summed E-state index contributed by atoms with van der Waals surface area (Å²) < 4.78 is 12.6. The van der Waals surface area contributed by atoms with Gasteiger partial charge in [0.2, 0.25) is 0 Å². The van der Waals surface area contributed by atoms with Gasteiger partial charge in [0.15, 0.2) is 0 Å². The van der Waals surface area contributed by atoms with Crippen molar-refractivity contribution in [2.75, 3.05) is 0 Å². The van der Waals surface area contributed by atoms with Gasteiger partial charge in [-0.25, -0.2) is 4.39 Å². The first-order chi connectivity index (χ1) is 4.30. The highest BCUT2D eigenvalue weighted by atomic mass is 19.1. The Hall–Kier alpha value is -0.850. The fourth-order valence-electron chi connectivity index (χ4n) is 0.705. The van der Waals surface area contributed by atoms with E-state index in [0.29, 0.717) is 0 Å².